The summed E-state index contributed by atoms with van der Waals surface area (Å²) in [4.78, 5) is 38.8. The van der Waals surface area contributed by atoms with E-state index in [0.717, 1.165) is 4.90 Å². The van der Waals surface area contributed by atoms with Gasteiger partial charge < -0.3 is 5.32 Å². The number of ketones is 1. The van der Waals surface area contributed by atoms with Gasteiger partial charge in [-0.2, -0.15) is 0 Å². The van der Waals surface area contributed by atoms with Crippen molar-refractivity contribution in [2.45, 2.75) is 25.3 Å². The molecule has 0 spiro atoms. The van der Waals surface area contributed by atoms with Crippen LogP contribution < -0.4 is 5.32 Å². The Hall–Kier alpha value is -3.02. The number of urea groups is 1. The maximum Gasteiger partial charge on any atom is 0.325 e. The van der Waals surface area contributed by atoms with Crippen molar-refractivity contribution in [2.24, 2.45) is 0 Å². The maximum atomic E-state index is 13.8. The maximum absolute atomic E-state index is 13.8. The van der Waals surface area contributed by atoms with E-state index in [2.05, 4.69) is 5.32 Å². The number of rotatable bonds is 6. The number of imide groups is 1. The number of benzene rings is 2. The third-order valence-electron chi connectivity index (χ3n) is 4.54. The molecule has 1 aliphatic heterocycles. The number of Topliss-reactive ketones (excluding diaryl/α,β-unsaturated/α-hetero) is 1. The highest BCUT2D eigenvalue weighted by atomic mass is 19.1. The van der Waals surface area contributed by atoms with Crippen LogP contribution in [0.3, 0.4) is 0 Å². The van der Waals surface area contributed by atoms with Crippen LogP contribution in [-0.2, 0) is 10.3 Å². The molecule has 1 saturated heterocycles. The van der Waals surface area contributed by atoms with Gasteiger partial charge in [0.1, 0.15) is 11.4 Å². The molecule has 134 valence electrons. The highest BCUT2D eigenvalue weighted by Crippen LogP contribution is 2.33. The van der Waals surface area contributed by atoms with Gasteiger partial charge in [-0.25, -0.2) is 9.18 Å². The zero-order chi connectivity index (χ0) is 18.7. The monoisotopic (exact) mass is 354 g/mol. The molecular weight excluding hydrogens is 335 g/mol. The molecule has 26 heavy (non-hydrogen) atoms. The molecule has 0 aromatic heterocycles. The highest BCUT2D eigenvalue weighted by Gasteiger charge is 2.52. The number of hydrogen-bond donors (Lipinski definition) is 1. The quantitative estimate of drug-likeness (QED) is 0.640. The summed E-state index contributed by atoms with van der Waals surface area (Å²) in [5, 5.41) is 2.75. The van der Waals surface area contributed by atoms with Crippen LogP contribution >= 0.6 is 0 Å². The largest absolute Gasteiger partial charge is 0.325 e. The van der Waals surface area contributed by atoms with Crippen LogP contribution in [0.1, 0.15) is 35.7 Å². The fourth-order valence-electron chi connectivity index (χ4n) is 3.29. The summed E-state index contributed by atoms with van der Waals surface area (Å²) < 4.78 is 13.8. The number of amides is 3. The van der Waals surface area contributed by atoms with Gasteiger partial charge in [0.2, 0.25) is 0 Å². The molecule has 1 heterocycles. The molecule has 0 bridgehead atoms. The number of halogens is 1. The predicted molar refractivity (Wildman–Crippen MR) is 94.0 cm³/mol. The number of hydrogen-bond acceptors (Lipinski definition) is 3. The Balaban J connectivity index is 1.91. The van der Waals surface area contributed by atoms with Crippen molar-refractivity contribution in [2.75, 3.05) is 6.54 Å². The van der Waals surface area contributed by atoms with Gasteiger partial charge in [-0.15, -0.1) is 0 Å². The van der Waals surface area contributed by atoms with Crippen molar-refractivity contribution < 1.29 is 18.8 Å². The summed E-state index contributed by atoms with van der Waals surface area (Å²) in [5.74, 6) is -1.78. The van der Waals surface area contributed by atoms with E-state index in [-0.39, 0.29) is 5.56 Å². The molecule has 6 heteroatoms. The lowest BCUT2D eigenvalue weighted by molar-refractivity contribution is -0.131. The Morgan fingerprint density at radius 1 is 1.08 bits per heavy atom. The standard InChI is InChI=1S/C20H19FN2O3/c1-2-12-20(14-8-4-3-5-9-14)18(25)23(19(26)22-20)13-17(24)15-10-6-7-11-16(15)21/h3-11H,2,12-13H2,1H3,(H,22,26). The van der Waals surface area contributed by atoms with Crippen LogP contribution in [0.15, 0.2) is 54.6 Å². The lowest BCUT2D eigenvalue weighted by Crippen LogP contribution is -2.44. The molecule has 3 amide bonds. The molecule has 0 radical (unpaired) electrons. The minimum atomic E-state index is -1.19. The minimum absolute atomic E-state index is 0.138. The fraction of sp³-hybridized carbons (Fsp3) is 0.250. The van der Waals surface area contributed by atoms with Gasteiger partial charge in [-0.05, 0) is 24.1 Å². The zero-order valence-corrected chi connectivity index (χ0v) is 14.4. The van der Waals surface area contributed by atoms with Gasteiger partial charge in [-0.3, -0.25) is 14.5 Å². The molecule has 1 aliphatic rings. The summed E-state index contributed by atoms with van der Waals surface area (Å²) in [7, 11) is 0. The van der Waals surface area contributed by atoms with Crippen LogP contribution in [0.4, 0.5) is 9.18 Å². The first-order valence-electron chi connectivity index (χ1n) is 8.47. The van der Waals surface area contributed by atoms with E-state index < -0.39 is 35.6 Å². The second kappa shape index (κ2) is 7.07. The van der Waals surface area contributed by atoms with E-state index >= 15 is 0 Å². The average Bonchev–Trinajstić information content (AvgIpc) is 2.88. The summed E-state index contributed by atoms with van der Waals surface area (Å²) >= 11 is 0. The van der Waals surface area contributed by atoms with Crippen molar-refractivity contribution in [3.63, 3.8) is 0 Å². The topological polar surface area (TPSA) is 66.5 Å². The van der Waals surface area contributed by atoms with Crippen LogP contribution in [0.2, 0.25) is 0 Å². The van der Waals surface area contributed by atoms with Crippen molar-refractivity contribution in [3.05, 3.63) is 71.5 Å². The van der Waals surface area contributed by atoms with Crippen LogP contribution in [-0.4, -0.2) is 29.2 Å². The molecule has 1 unspecified atom stereocenters. The lowest BCUT2D eigenvalue weighted by Gasteiger charge is -2.26. The smallest absolute Gasteiger partial charge is 0.319 e. The molecule has 3 rings (SSSR count). The first kappa shape index (κ1) is 17.8. The lowest BCUT2D eigenvalue weighted by atomic mass is 9.85. The first-order chi connectivity index (χ1) is 12.5. The Bertz CT molecular complexity index is 853. The van der Waals surface area contributed by atoms with Crippen LogP contribution in [0, 0.1) is 5.82 Å². The molecule has 1 N–H and O–H groups in total. The third-order valence-corrected chi connectivity index (χ3v) is 4.54. The molecular formula is C20H19FN2O3. The summed E-state index contributed by atoms with van der Waals surface area (Å²) in [6, 6.07) is 13.8. The second-order valence-corrected chi connectivity index (χ2v) is 6.25. The van der Waals surface area contributed by atoms with Gasteiger partial charge in [0, 0.05) is 0 Å². The van der Waals surface area contributed by atoms with Gasteiger partial charge in [0.15, 0.2) is 5.78 Å². The molecule has 5 nitrogen and oxygen atoms in total. The number of nitrogens with one attached hydrogen (secondary N) is 1. The molecule has 2 aromatic carbocycles. The highest BCUT2D eigenvalue weighted by molar-refractivity contribution is 6.11. The Kier molecular flexibility index (Phi) is 4.84. The number of carbonyl (C=O) groups excluding carboxylic acids is 3. The van der Waals surface area contributed by atoms with E-state index in [1.807, 2.05) is 13.0 Å². The zero-order valence-electron chi connectivity index (χ0n) is 14.4. The van der Waals surface area contributed by atoms with Crippen LogP contribution in [0.5, 0.6) is 0 Å². The van der Waals surface area contributed by atoms with E-state index in [0.29, 0.717) is 18.4 Å². The number of carbonyl (C=O) groups is 3. The van der Waals surface area contributed by atoms with E-state index in [9.17, 15) is 18.8 Å². The van der Waals surface area contributed by atoms with Gasteiger partial charge >= 0.3 is 6.03 Å². The van der Waals surface area contributed by atoms with Gasteiger partial charge in [-0.1, -0.05) is 55.8 Å². The molecule has 1 atom stereocenters. The molecule has 1 fully saturated rings. The summed E-state index contributed by atoms with van der Waals surface area (Å²) in [5.41, 5.74) is -0.662. The molecule has 0 saturated carbocycles. The van der Waals surface area contributed by atoms with E-state index in [1.54, 1.807) is 24.3 Å². The molecule has 2 aromatic rings. The third kappa shape index (κ3) is 2.98. The van der Waals surface area contributed by atoms with Crippen molar-refractivity contribution in [1.82, 2.24) is 10.2 Å². The van der Waals surface area contributed by atoms with Crippen molar-refractivity contribution in [1.29, 1.82) is 0 Å². The van der Waals surface area contributed by atoms with E-state index in [4.69, 9.17) is 0 Å². The first-order valence-corrected chi connectivity index (χ1v) is 8.47. The van der Waals surface area contributed by atoms with Crippen LogP contribution in [0.25, 0.3) is 0 Å². The summed E-state index contributed by atoms with van der Waals surface area (Å²) in [6.45, 7) is 1.42. The van der Waals surface area contributed by atoms with Gasteiger partial charge in [0.05, 0.1) is 12.1 Å². The predicted octanol–water partition coefficient (Wildman–Crippen LogP) is 3.26. The number of nitrogens with zero attached hydrogens (tertiary/aromatic N) is 1. The summed E-state index contributed by atoms with van der Waals surface area (Å²) in [6.07, 6.45) is 1.07. The Morgan fingerprint density at radius 2 is 1.73 bits per heavy atom. The Morgan fingerprint density at radius 3 is 2.38 bits per heavy atom. The van der Waals surface area contributed by atoms with E-state index in [1.165, 1.54) is 24.3 Å². The van der Waals surface area contributed by atoms with Crippen molar-refractivity contribution >= 4 is 17.7 Å². The SMILES string of the molecule is CCCC1(c2ccccc2)NC(=O)N(CC(=O)c2ccccc2F)C1=O. The minimum Gasteiger partial charge on any atom is -0.319 e. The fourth-order valence-corrected chi connectivity index (χ4v) is 3.29. The molecule has 0 aliphatic carbocycles. The Labute approximate surface area is 150 Å². The van der Waals surface area contributed by atoms with Crippen molar-refractivity contribution in [3.8, 4) is 0 Å². The normalized spacial score (nSPS) is 19.5. The van der Waals surface area contributed by atoms with Gasteiger partial charge in [0.25, 0.3) is 5.91 Å². The average molecular weight is 354 g/mol. The second-order valence-electron chi connectivity index (χ2n) is 6.25.